The van der Waals surface area contributed by atoms with Gasteiger partial charge in [-0.2, -0.15) is 0 Å². The summed E-state index contributed by atoms with van der Waals surface area (Å²) in [5.74, 6) is 0.929. The second kappa shape index (κ2) is 13.8. The molecule has 0 atom stereocenters. The Kier molecular flexibility index (Phi) is 8.36. The van der Waals surface area contributed by atoms with Gasteiger partial charge in [0, 0.05) is 31.3 Å². The lowest BCUT2D eigenvalue weighted by Crippen LogP contribution is -2.55. The summed E-state index contributed by atoms with van der Waals surface area (Å²) < 4.78 is 4.99. The number of benzene rings is 9. The van der Waals surface area contributed by atoms with Crippen LogP contribution in [-0.2, 0) is 0 Å². The summed E-state index contributed by atoms with van der Waals surface area (Å²) in [4.78, 5) is 5.27. The predicted octanol–water partition coefficient (Wildman–Crippen LogP) is 5.66. The number of aromatic nitrogens is 2. The molecule has 59 heavy (non-hydrogen) atoms. The van der Waals surface area contributed by atoms with Crippen LogP contribution >= 0.6 is 11.3 Å². The molecule has 11 rings (SSSR count). The molecule has 9 aromatic carbocycles. The van der Waals surface area contributed by atoms with Gasteiger partial charge in [-0.25, -0.2) is 4.98 Å². The van der Waals surface area contributed by atoms with Gasteiger partial charge in [-0.1, -0.05) is 138 Å². The molecule has 0 aliphatic heterocycles. The Labute approximate surface area is 352 Å². The van der Waals surface area contributed by atoms with Crippen molar-refractivity contribution in [3.8, 4) is 50.5 Å². The molecule has 11 aromatic rings. The van der Waals surface area contributed by atoms with Crippen LogP contribution < -0.4 is 27.3 Å². The minimum absolute atomic E-state index is 0.929. The Balaban J connectivity index is 1.30. The van der Waals surface area contributed by atoms with E-state index >= 15 is 0 Å². The molecule has 0 radical (unpaired) electrons. The van der Waals surface area contributed by atoms with Gasteiger partial charge >= 0.3 is 0 Å². The van der Waals surface area contributed by atoms with Gasteiger partial charge in [0.1, 0.15) is 45.1 Å². The average molecular weight is 764 g/mol. The number of rotatable bonds is 5. The van der Waals surface area contributed by atoms with Gasteiger partial charge < -0.3 is 0 Å². The van der Waals surface area contributed by atoms with Crippen molar-refractivity contribution in [1.82, 2.24) is 9.55 Å². The third kappa shape index (κ3) is 5.43. The Morgan fingerprint density at radius 2 is 0.983 bits per heavy atom. The highest BCUT2D eigenvalue weighted by molar-refractivity contribution is 7.26. The molecule has 0 aliphatic rings. The summed E-state index contributed by atoms with van der Waals surface area (Å²) in [7, 11) is 11.4. The smallest absolute Gasteiger partial charge is 0.145 e. The highest BCUT2D eigenvalue weighted by Crippen LogP contribution is 2.49. The molecule has 0 bridgehead atoms. The minimum atomic E-state index is 0.929. The predicted molar refractivity (Wildman–Crippen MR) is 272 cm³/mol. The molecule has 0 amide bonds. The van der Waals surface area contributed by atoms with Crippen molar-refractivity contribution < 1.29 is 0 Å². The number of hydrogen-bond acceptors (Lipinski definition) is 2. The Bertz CT molecular complexity index is 3490. The van der Waals surface area contributed by atoms with E-state index in [4.69, 9.17) is 4.98 Å². The lowest BCUT2D eigenvalue weighted by atomic mass is 9.59. The van der Waals surface area contributed by atoms with Crippen molar-refractivity contribution in [2.24, 2.45) is 0 Å². The van der Waals surface area contributed by atoms with E-state index in [1.165, 1.54) is 102 Å². The van der Waals surface area contributed by atoms with Crippen LogP contribution in [0.25, 0.3) is 103 Å². The molecule has 0 unspecified atom stereocenters. The van der Waals surface area contributed by atoms with Gasteiger partial charge in [0.25, 0.3) is 0 Å². The first-order valence-electron chi connectivity index (χ1n) is 20.5. The van der Waals surface area contributed by atoms with Crippen molar-refractivity contribution in [2.45, 2.75) is 0 Å². The second-order valence-corrected chi connectivity index (χ2v) is 17.1. The number of nitrogens with zero attached hydrogens (tertiary/aromatic N) is 2. The summed E-state index contributed by atoms with van der Waals surface area (Å²) in [6.07, 6.45) is 0. The summed E-state index contributed by atoms with van der Waals surface area (Å²) >= 11 is 1.88. The zero-order valence-corrected chi connectivity index (χ0v) is 34.7. The quantitative estimate of drug-likeness (QED) is 0.164. The number of imidazole rings is 1. The van der Waals surface area contributed by atoms with E-state index in [1.807, 2.05) is 11.3 Å². The SMILES string of the molecule is Bc1c(B)c(B)c(-c2ccc3c(-c4ccccc4-n4c(-c5ccccc5)nc5ccccc54)c4ccccc4c(-c4cccc5sc6ccccc6c45)c3c2)c(B)c1B. The Morgan fingerprint density at radius 1 is 0.407 bits per heavy atom. The van der Waals surface area contributed by atoms with Crippen LogP contribution in [0.1, 0.15) is 0 Å². The number of thiophene rings is 1. The molecule has 0 spiro atoms. The van der Waals surface area contributed by atoms with E-state index in [2.05, 4.69) is 208 Å². The van der Waals surface area contributed by atoms with E-state index in [9.17, 15) is 0 Å². The van der Waals surface area contributed by atoms with Crippen molar-refractivity contribution in [1.29, 1.82) is 0 Å². The molecule has 2 nitrogen and oxygen atoms in total. The van der Waals surface area contributed by atoms with E-state index in [0.717, 1.165) is 28.1 Å². The molecule has 8 heteroatoms. The first kappa shape index (κ1) is 35.7. The third-order valence-electron chi connectivity index (χ3n) is 13.0. The maximum absolute atomic E-state index is 5.27. The maximum Gasteiger partial charge on any atom is 0.145 e. The Morgan fingerprint density at radius 3 is 1.76 bits per heavy atom. The van der Waals surface area contributed by atoms with Crippen LogP contribution in [0.2, 0.25) is 0 Å². The van der Waals surface area contributed by atoms with Crippen molar-refractivity contribution in [3.05, 3.63) is 164 Å². The highest BCUT2D eigenvalue weighted by Gasteiger charge is 2.24. The van der Waals surface area contributed by atoms with E-state index in [1.54, 1.807) is 0 Å². The summed E-state index contributed by atoms with van der Waals surface area (Å²) in [5.41, 5.74) is 18.6. The molecule has 0 N–H and O–H groups in total. The fraction of sp³-hybridized carbons (Fsp3) is 0. The zero-order valence-electron chi connectivity index (χ0n) is 33.9. The lowest BCUT2D eigenvalue weighted by molar-refractivity contribution is 1.10. The van der Waals surface area contributed by atoms with Gasteiger partial charge in [-0.3, -0.25) is 4.57 Å². The van der Waals surface area contributed by atoms with Gasteiger partial charge in [0.2, 0.25) is 0 Å². The molecular formula is C51H37B5N2S. The first-order chi connectivity index (χ1) is 28.9. The van der Waals surface area contributed by atoms with Crippen molar-refractivity contribution in [2.75, 3.05) is 0 Å². The summed E-state index contributed by atoms with van der Waals surface area (Å²) in [6.45, 7) is 0. The standard InChI is InChI=1S/C51H37B5N2S/c52-46-42(47(53)49(55)50(56)48(46)54)29-25-26-32-36(27-29)44(35-19-12-24-41-45(35)34-18-7-11-23-40(34)59-41)31-16-5-4-15-30(31)43(32)33-17-6-9-21-38(33)58-39-22-10-8-20-37(39)57-51(58)28-13-2-1-3-14-28/h1-27H,52-56H2. The van der Waals surface area contributed by atoms with Gasteiger partial charge in [0.05, 0.1) is 16.7 Å². The molecular weight excluding hydrogens is 727 g/mol. The highest BCUT2D eigenvalue weighted by atomic mass is 32.1. The van der Waals surface area contributed by atoms with Gasteiger partial charge in [0.15, 0.2) is 0 Å². The van der Waals surface area contributed by atoms with Crippen LogP contribution in [0.3, 0.4) is 0 Å². The molecule has 0 saturated heterocycles. The lowest BCUT2D eigenvalue weighted by Gasteiger charge is -2.23. The minimum Gasteiger partial charge on any atom is -0.292 e. The topological polar surface area (TPSA) is 17.8 Å². The van der Waals surface area contributed by atoms with Crippen LogP contribution in [0.5, 0.6) is 0 Å². The average Bonchev–Trinajstić information content (AvgIpc) is 3.86. The van der Waals surface area contributed by atoms with Crippen molar-refractivity contribution >= 4 is 131 Å². The molecule has 2 heterocycles. The van der Waals surface area contributed by atoms with Gasteiger partial charge in [-0.05, 0) is 85.8 Å². The van der Waals surface area contributed by atoms with Crippen LogP contribution in [0.4, 0.5) is 0 Å². The first-order valence-corrected chi connectivity index (χ1v) is 21.3. The summed E-state index contributed by atoms with van der Waals surface area (Å²) in [6, 6.07) is 60.2. The normalized spacial score (nSPS) is 11.7. The monoisotopic (exact) mass is 764 g/mol. The van der Waals surface area contributed by atoms with Crippen LogP contribution in [0, 0.1) is 0 Å². The van der Waals surface area contributed by atoms with Crippen molar-refractivity contribution in [3.63, 3.8) is 0 Å². The summed E-state index contributed by atoms with van der Waals surface area (Å²) in [5, 5.41) is 7.59. The van der Waals surface area contributed by atoms with E-state index < -0.39 is 0 Å². The molecule has 272 valence electrons. The third-order valence-corrected chi connectivity index (χ3v) is 14.1. The fourth-order valence-electron chi connectivity index (χ4n) is 9.76. The molecule has 0 fully saturated rings. The molecule has 0 saturated carbocycles. The largest absolute Gasteiger partial charge is 0.292 e. The zero-order chi connectivity index (χ0) is 39.9. The number of fused-ring (bicyclic) bond motifs is 6. The van der Waals surface area contributed by atoms with Crippen LogP contribution in [-0.4, -0.2) is 48.8 Å². The second-order valence-electron chi connectivity index (χ2n) is 16.0. The van der Waals surface area contributed by atoms with Gasteiger partial charge in [-0.15, -0.1) is 27.7 Å². The molecule has 0 aliphatic carbocycles. The number of para-hydroxylation sites is 3. The number of hydrogen-bond donors (Lipinski definition) is 0. The molecule has 2 aromatic heterocycles. The fourth-order valence-corrected chi connectivity index (χ4v) is 10.9. The maximum atomic E-state index is 5.27. The van der Waals surface area contributed by atoms with E-state index in [0.29, 0.717) is 0 Å². The Hall–Kier alpha value is -6.49. The van der Waals surface area contributed by atoms with E-state index in [-0.39, 0.29) is 0 Å². The van der Waals surface area contributed by atoms with Crippen LogP contribution in [0.15, 0.2) is 164 Å².